The molecule has 134 valence electrons. The molecule has 1 amide bonds. The molecule has 0 radical (unpaired) electrons. The molecule has 0 unspecified atom stereocenters. The number of aliphatic hydroxyl groups is 1. The Labute approximate surface area is 148 Å². The normalized spacial score (nSPS) is 22.9. The van der Waals surface area contributed by atoms with Crippen LogP contribution < -0.4 is 5.32 Å². The van der Waals surface area contributed by atoms with E-state index in [0.717, 1.165) is 18.7 Å². The van der Waals surface area contributed by atoms with Gasteiger partial charge in [0.2, 0.25) is 5.91 Å². The molecule has 0 spiro atoms. The Hall–Kier alpha value is -2.21. The maximum absolute atomic E-state index is 12.1. The van der Waals surface area contributed by atoms with Crippen molar-refractivity contribution in [2.24, 2.45) is 5.92 Å². The van der Waals surface area contributed by atoms with E-state index in [0.29, 0.717) is 19.4 Å². The summed E-state index contributed by atoms with van der Waals surface area (Å²) in [7, 11) is 0. The van der Waals surface area contributed by atoms with Gasteiger partial charge in [-0.05, 0) is 44.2 Å². The molecule has 3 N–H and O–H groups in total. The van der Waals surface area contributed by atoms with Gasteiger partial charge in [0.1, 0.15) is 12.2 Å². The summed E-state index contributed by atoms with van der Waals surface area (Å²) in [6.45, 7) is 4.67. The second-order valence-corrected chi connectivity index (χ2v) is 7.10. The molecule has 1 aliphatic carbocycles. The van der Waals surface area contributed by atoms with E-state index in [2.05, 4.69) is 52.5 Å². The molecule has 1 aliphatic rings. The third-order valence-corrected chi connectivity index (χ3v) is 5.16. The minimum absolute atomic E-state index is 0.0373. The third kappa shape index (κ3) is 4.45. The molecule has 6 heteroatoms. The van der Waals surface area contributed by atoms with Crippen LogP contribution in [-0.2, 0) is 11.2 Å². The maximum atomic E-state index is 12.1. The van der Waals surface area contributed by atoms with Crippen molar-refractivity contribution in [3.8, 4) is 0 Å². The minimum Gasteiger partial charge on any atom is -0.393 e. The summed E-state index contributed by atoms with van der Waals surface area (Å²) >= 11 is 0. The van der Waals surface area contributed by atoms with Gasteiger partial charge in [-0.25, -0.2) is 4.98 Å². The quantitative estimate of drug-likeness (QED) is 0.749. The number of carbonyl (C=O) groups is 1. The second kappa shape index (κ2) is 7.78. The Bertz CT molecular complexity index is 714. The van der Waals surface area contributed by atoms with Crippen LogP contribution in [0, 0.1) is 19.8 Å². The molecule has 0 saturated heterocycles. The molecule has 0 bridgehead atoms. The summed E-state index contributed by atoms with van der Waals surface area (Å²) in [4.78, 5) is 16.3. The summed E-state index contributed by atoms with van der Waals surface area (Å²) in [5.41, 5.74) is 3.68. The predicted molar refractivity (Wildman–Crippen MR) is 95.1 cm³/mol. The number of nitrogens with zero attached hydrogens (tertiary/aromatic N) is 2. The Balaban J connectivity index is 1.44. The molecular weight excluding hydrogens is 316 g/mol. The monoisotopic (exact) mass is 342 g/mol. The molecule has 6 nitrogen and oxygen atoms in total. The first-order chi connectivity index (χ1) is 12.0. The van der Waals surface area contributed by atoms with Crippen LogP contribution in [0.1, 0.15) is 47.7 Å². The van der Waals surface area contributed by atoms with Gasteiger partial charge in [0.25, 0.3) is 0 Å². The Morgan fingerprint density at radius 1 is 1.36 bits per heavy atom. The number of benzene rings is 1. The van der Waals surface area contributed by atoms with E-state index < -0.39 is 6.10 Å². The van der Waals surface area contributed by atoms with Crippen molar-refractivity contribution >= 4 is 5.91 Å². The van der Waals surface area contributed by atoms with Gasteiger partial charge >= 0.3 is 0 Å². The molecule has 3 atom stereocenters. The standard InChI is InChI=1S/C19H26N4O2/c1-12-3-4-14(13(2)7-12)5-6-18(25)20-10-16-8-15(9-17(16)24)19-21-11-22-23-19/h3-4,7,11,15-17,24H,5-6,8-10H2,1-2H3,(H,20,25)(H,21,22,23)/t15-,16+,17+/m1/s1. The lowest BCUT2D eigenvalue weighted by atomic mass is 10.0. The molecular formula is C19H26N4O2. The lowest BCUT2D eigenvalue weighted by Crippen LogP contribution is -2.32. The van der Waals surface area contributed by atoms with E-state index >= 15 is 0 Å². The van der Waals surface area contributed by atoms with E-state index in [1.54, 1.807) is 0 Å². The van der Waals surface area contributed by atoms with Gasteiger partial charge in [0.15, 0.2) is 0 Å². The van der Waals surface area contributed by atoms with Gasteiger partial charge in [-0.15, -0.1) is 0 Å². The fraction of sp³-hybridized carbons (Fsp3) is 0.526. The highest BCUT2D eigenvalue weighted by molar-refractivity contribution is 5.76. The van der Waals surface area contributed by atoms with E-state index in [-0.39, 0.29) is 17.7 Å². The number of aliphatic hydroxyl groups excluding tert-OH is 1. The maximum Gasteiger partial charge on any atom is 0.220 e. The van der Waals surface area contributed by atoms with Crippen molar-refractivity contribution in [2.75, 3.05) is 6.54 Å². The number of hydrogen-bond acceptors (Lipinski definition) is 4. The number of aromatic nitrogens is 3. The fourth-order valence-electron chi connectivity index (χ4n) is 3.66. The van der Waals surface area contributed by atoms with Crippen LogP contribution in [0.25, 0.3) is 0 Å². The average Bonchev–Trinajstić information content (AvgIpc) is 3.21. The molecule has 0 aliphatic heterocycles. The topological polar surface area (TPSA) is 90.9 Å². The van der Waals surface area contributed by atoms with Gasteiger partial charge in [0, 0.05) is 24.8 Å². The van der Waals surface area contributed by atoms with Gasteiger partial charge in [0.05, 0.1) is 6.10 Å². The predicted octanol–water partition coefficient (Wildman–Crippen LogP) is 2.03. The lowest BCUT2D eigenvalue weighted by Gasteiger charge is -2.15. The molecule has 1 aromatic carbocycles. The van der Waals surface area contributed by atoms with Gasteiger partial charge in [-0.3, -0.25) is 9.89 Å². The fourth-order valence-corrected chi connectivity index (χ4v) is 3.66. The Kier molecular flexibility index (Phi) is 5.48. The summed E-state index contributed by atoms with van der Waals surface area (Å²) in [6.07, 6.45) is 3.77. The summed E-state index contributed by atoms with van der Waals surface area (Å²) in [6, 6.07) is 6.32. The van der Waals surface area contributed by atoms with Crippen molar-refractivity contribution in [3.05, 3.63) is 47.0 Å². The SMILES string of the molecule is Cc1ccc(CCC(=O)NC[C@@H]2C[C@@H](c3ncn[nH]3)C[C@@H]2O)c(C)c1. The number of H-pyrrole nitrogens is 1. The number of nitrogens with one attached hydrogen (secondary N) is 2. The molecule has 1 fully saturated rings. The lowest BCUT2D eigenvalue weighted by molar-refractivity contribution is -0.121. The van der Waals surface area contributed by atoms with E-state index in [9.17, 15) is 9.90 Å². The molecule has 1 aromatic heterocycles. The average molecular weight is 342 g/mol. The van der Waals surface area contributed by atoms with E-state index in [1.165, 1.54) is 23.0 Å². The zero-order valence-electron chi connectivity index (χ0n) is 14.8. The first kappa shape index (κ1) is 17.6. The zero-order valence-corrected chi connectivity index (χ0v) is 14.8. The Morgan fingerprint density at radius 2 is 2.20 bits per heavy atom. The van der Waals surface area contributed by atoms with Crippen molar-refractivity contribution in [1.29, 1.82) is 0 Å². The smallest absolute Gasteiger partial charge is 0.220 e. The van der Waals surface area contributed by atoms with Crippen LogP contribution in [0.5, 0.6) is 0 Å². The van der Waals surface area contributed by atoms with Crippen molar-refractivity contribution < 1.29 is 9.90 Å². The van der Waals surface area contributed by atoms with Gasteiger partial charge in [-0.1, -0.05) is 23.8 Å². The number of rotatable bonds is 6. The highest BCUT2D eigenvalue weighted by Gasteiger charge is 2.35. The molecule has 3 rings (SSSR count). The number of carbonyl (C=O) groups excluding carboxylic acids is 1. The first-order valence-corrected chi connectivity index (χ1v) is 8.89. The highest BCUT2D eigenvalue weighted by atomic mass is 16.3. The highest BCUT2D eigenvalue weighted by Crippen LogP contribution is 2.36. The summed E-state index contributed by atoms with van der Waals surface area (Å²) < 4.78 is 0. The number of amides is 1. The molecule has 25 heavy (non-hydrogen) atoms. The van der Waals surface area contributed by atoms with E-state index in [1.807, 2.05) is 0 Å². The minimum atomic E-state index is -0.408. The van der Waals surface area contributed by atoms with Crippen LogP contribution in [-0.4, -0.2) is 38.8 Å². The molecule has 2 aromatic rings. The van der Waals surface area contributed by atoms with Crippen molar-refractivity contribution in [2.45, 2.75) is 51.6 Å². The summed E-state index contributed by atoms with van der Waals surface area (Å²) in [5, 5.41) is 19.9. The largest absolute Gasteiger partial charge is 0.393 e. The van der Waals surface area contributed by atoms with Crippen molar-refractivity contribution in [3.63, 3.8) is 0 Å². The van der Waals surface area contributed by atoms with Crippen LogP contribution >= 0.6 is 0 Å². The number of aromatic amines is 1. The third-order valence-electron chi connectivity index (χ3n) is 5.16. The number of aryl methyl sites for hydroxylation is 3. The molecule has 1 saturated carbocycles. The van der Waals surface area contributed by atoms with Crippen LogP contribution in [0.3, 0.4) is 0 Å². The second-order valence-electron chi connectivity index (χ2n) is 7.10. The van der Waals surface area contributed by atoms with Crippen LogP contribution in [0.4, 0.5) is 0 Å². The van der Waals surface area contributed by atoms with E-state index in [4.69, 9.17) is 0 Å². The molecule has 1 heterocycles. The van der Waals surface area contributed by atoms with Gasteiger partial charge in [-0.2, -0.15) is 5.10 Å². The van der Waals surface area contributed by atoms with Crippen molar-refractivity contribution in [1.82, 2.24) is 20.5 Å². The zero-order chi connectivity index (χ0) is 17.8. The van der Waals surface area contributed by atoms with Gasteiger partial charge < -0.3 is 10.4 Å². The number of hydrogen-bond donors (Lipinski definition) is 3. The van der Waals surface area contributed by atoms with Crippen LogP contribution in [0.15, 0.2) is 24.5 Å². The summed E-state index contributed by atoms with van der Waals surface area (Å²) in [5.74, 6) is 1.12. The Morgan fingerprint density at radius 3 is 2.92 bits per heavy atom. The first-order valence-electron chi connectivity index (χ1n) is 8.89. The van der Waals surface area contributed by atoms with Crippen LogP contribution in [0.2, 0.25) is 0 Å².